The molecule has 0 fully saturated rings. The molecule has 0 saturated carbocycles. The molecule has 0 radical (unpaired) electrons. The summed E-state index contributed by atoms with van der Waals surface area (Å²) in [7, 11) is 0. The highest BCUT2D eigenvalue weighted by atomic mass is 16.5. The number of hydrogen-bond acceptors (Lipinski definition) is 3. The molecule has 2 aromatic rings. The summed E-state index contributed by atoms with van der Waals surface area (Å²) >= 11 is 0. The van der Waals surface area contributed by atoms with Gasteiger partial charge in [-0.15, -0.1) is 0 Å². The fraction of sp³-hybridized carbons (Fsp3) is 0.364. The van der Waals surface area contributed by atoms with Gasteiger partial charge in [0.1, 0.15) is 5.75 Å². The number of fused-ring (bicyclic) bond motifs is 1. The quantitative estimate of drug-likeness (QED) is 0.874. The van der Waals surface area contributed by atoms with Gasteiger partial charge in [0.2, 0.25) is 5.91 Å². The highest BCUT2D eigenvalue weighted by Crippen LogP contribution is 2.24. The molecule has 0 unspecified atom stereocenters. The fourth-order valence-corrected chi connectivity index (χ4v) is 3.26. The van der Waals surface area contributed by atoms with Gasteiger partial charge in [0.05, 0.1) is 6.61 Å². The average molecular weight is 366 g/mol. The van der Waals surface area contributed by atoms with Gasteiger partial charge in [-0.1, -0.05) is 19.9 Å². The van der Waals surface area contributed by atoms with E-state index >= 15 is 0 Å². The molecule has 0 saturated heterocycles. The monoisotopic (exact) mass is 366 g/mol. The summed E-state index contributed by atoms with van der Waals surface area (Å²) < 4.78 is 5.40. The van der Waals surface area contributed by atoms with Crippen molar-refractivity contribution in [1.82, 2.24) is 4.90 Å². The maximum Gasteiger partial charge on any atom is 0.255 e. The molecule has 27 heavy (non-hydrogen) atoms. The van der Waals surface area contributed by atoms with Crippen molar-refractivity contribution in [3.8, 4) is 5.75 Å². The van der Waals surface area contributed by atoms with Crippen LogP contribution in [-0.4, -0.2) is 29.9 Å². The number of amides is 2. The summed E-state index contributed by atoms with van der Waals surface area (Å²) in [4.78, 5) is 26.7. The molecule has 1 aliphatic rings. The molecule has 1 aliphatic heterocycles. The number of rotatable bonds is 5. The van der Waals surface area contributed by atoms with E-state index in [9.17, 15) is 9.59 Å². The summed E-state index contributed by atoms with van der Waals surface area (Å²) in [6.45, 7) is 7.71. The van der Waals surface area contributed by atoms with Gasteiger partial charge < -0.3 is 15.0 Å². The second-order valence-electron chi connectivity index (χ2n) is 7.06. The smallest absolute Gasteiger partial charge is 0.255 e. The highest BCUT2D eigenvalue weighted by Gasteiger charge is 2.22. The maximum atomic E-state index is 12.5. The zero-order valence-electron chi connectivity index (χ0n) is 16.1. The summed E-state index contributed by atoms with van der Waals surface area (Å²) in [6.07, 6.45) is 0.848. The van der Waals surface area contributed by atoms with Gasteiger partial charge >= 0.3 is 0 Å². The Balaban J connectivity index is 1.70. The lowest BCUT2D eigenvalue weighted by molar-refractivity contribution is -0.135. The van der Waals surface area contributed by atoms with Gasteiger partial charge in [-0.2, -0.15) is 0 Å². The number of hydrogen-bond donors (Lipinski definition) is 1. The molecule has 1 N–H and O–H groups in total. The van der Waals surface area contributed by atoms with E-state index in [-0.39, 0.29) is 17.7 Å². The summed E-state index contributed by atoms with van der Waals surface area (Å²) in [5, 5.41) is 2.94. The molecule has 0 atom stereocenters. The molecule has 142 valence electrons. The third kappa shape index (κ3) is 4.48. The second-order valence-corrected chi connectivity index (χ2v) is 7.06. The summed E-state index contributed by atoms with van der Waals surface area (Å²) in [6, 6.07) is 13.0. The number of carbonyl (C=O) groups is 2. The zero-order chi connectivity index (χ0) is 19.4. The number of benzene rings is 2. The Morgan fingerprint density at radius 1 is 1.11 bits per heavy atom. The van der Waals surface area contributed by atoms with E-state index in [4.69, 9.17) is 4.74 Å². The first-order valence-corrected chi connectivity index (χ1v) is 9.42. The third-order valence-electron chi connectivity index (χ3n) is 4.71. The predicted octanol–water partition coefficient (Wildman–Crippen LogP) is 3.88. The van der Waals surface area contributed by atoms with E-state index < -0.39 is 0 Å². The summed E-state index contributed by atoms with van der Waals surface area (Å²) in [5.74, 6) is 0.750. The van der Waals surface area contributed by atoms with Gasteiger partial charge in [0, 0.05) is 30.3 Å². The first-order valence-electron chi connectivity index (χ1n) is 9.42. The molecule has 0 spiro atoms. The molecule has 5 nitrogen and oxygen atoms in total. The third-order valence-corrected chi connectivity index (χ3v) is 4.71. The van der Waals surface area contributed by atoms with Crippen molar-refractivity contribution in [3.05, 3.63) is 59.2 Å². The molecule has 2 aromatic carbocycles. The first-order chi connectivity index (χ1) is 13.0. The number of nitrogens with one attached hydrogen (secondary N) is 1. The van der Waals surface area contributed by atoms with Crippen molar-refractivity contribution >= 4 is 17.5 Å². The van der Waals surface area contributed by atoms with E-state index in [1.165, 1.54) is 5.56 Å². The van der Waals surface area contributed by atoms with Crippen LogP contribution in [0.1, 0.15) is 42.3 Å². The van der Waals surface area contributed by atoms with Crippen LogP contribution in [0, 0.1) is 5.92 Å². The van der Waals surface area contributed by atoms with Crippen molar-refractivity contribution in [2.75, 3.05) is 18.5 Å². The zero-order valence-corrected chi connectivity index (χ0v) is 16.1. The molecular formula is C22H26N2O3. The van der Waals surface area contributed by atoms with Crippen LogP contribution in [0.5, 0.6) is 5.75 Å². The minimum Gasteiger partial charge on any atom is -0.494 e. The lowest BCUT2D eigenvalue weighted by Crippen LogP contribution is -2.38. The van der Waals surface area contributed by atoms with Gasteiger partial charge in [-0.3, -0.25) is 9.59 Å². The van der Waals surface area contributed by atoms with Crippen LogP contribution < -0.4 is 10.1 Å². The number of carbonyl (C=O) groups excluding carboxylic acids is 2. The van der Waals surface area contributed by atoms with Gasteiger partial charge in [-0.05, 0) is 60.9 Å². The standard InChI is InChI=1S/C22H26N2O3/c1-4-27-20-9-6-17(7-10-20)21(25)23-19-8-5-16-11-12-24(14-18(16)13-19)22(26)15(2)3/h5-10,13,15H,4,11-12,14H2,1-3H3,(H,23,25). The summed E-state index contributed by atoms with van der Waals surface area (Å²) in [5.41, 5.74) is 3.65. The van der Waals surface area contributed by atoms with Crippen LogP contribution in [-0.2, 0) is 17.8 Å². The SMILES string of the molecule is CCOc1ccc(C(=O)Nc2ccc3c(c2)CN(C(=O)C(C)C)CC3)cc1. The van der Waals surface area contributed by atoms with Crippen molar-refractivity contribution < 1.29 is 14.3 Å². The Kier molecular flexibility index (Phi) is 5.79. The fourth-order valence-electron chi connectivity index (χ4n) is 3.26. The molecule has 1 heterocycles. The lowest BCUT2D eigenvalue weighted by atomic mass is 9.98. The normalized spacial score (nSPS) is 13.3. The van der Waals surface area contributed by atoms with Crippen molar-refractivity contribution in [2.24, 2.45) is 5.92 Å². The van der Waals surface area contributed by atoms with Gasteiger partial charge in [-0.25, -0.2) is 0 Å². The van der Waals surface area contributed by atoms with E-state index in [1.807, 2.05) is 43.9 Å². The first kappa shape index (κ1) is 19.0. The Morgan fingerprint density at radius 2 is 1.85 bits per heavy atom. The second kappa shape index (κ2) is 8.25. The Hall–Kier alpha value is -2.82. The molecule has 0 aromatic heterocycles. The Morgan fingerprint density at radius 3 is 2.52 bits per heavy atom. The van der Waals surface area contributed by atoms with E-state index in [0.717, 1.165) is 30.0 Å². The number of nitrogens with zero attached hydrogens (tertiary/aromatic N) is 1. The molecule has 0 aliphatic carbocycles. The molecule has 3 rings (SSSR count). The van der Waals surface area contributed by atoms with E-state index in [1.54, 1.807) is 24.3 Å². The van der Waals surface area contributed by atoms with E-state index in [0.29, 0.717) is 18.7 Å². The van der Waals surface area contributed by atoms with Gasteiger partial charge in [0.25, 0.3) is 5.91 Å². The Bertz CT molecular complexity index is 828. The minimum absolute atomic E-state index is 0.00547. The topological polar surface area (TPSA) is 58.6 Å². The number of anilines is 1. The maximum absolute atomic E-state index is 12.5. The van der Waals surface area contributed by atoms with E-state index in [2.05, 4.69) is 5.32 Å². The molecule has 0 bridgehead atoms. The number of ether oxygens (including phenoxy) is 1. The minimum atomic E-state index is -0.163. The largest absolute Gasteiger partial charge is 0.494 e. The van der Waals surface area contributed by atoms with Crippen LogP contribution in [0.4, 0.5) is 5.69 Å². The van der Waals surface area contributed by atoms with Crippen molar-refractivity contribution in [2.45, 2.75) is 33.7 Å². The Labute approximate surface area is 160 Å². The van der Waals surface area contributed by atoms with Crippen molar-refractivity contribution in [1.29, 1.82) is 0 Å². The predicted molar refractivity (Wildman–Crippen MR) is 106 cm³/mol. The van der Waals surface area contributed by atoms with Crippen LogP contribution in [0.15, 0.2) is 42.5 Å². The van der Waals surface area contributed by atoms with Crippen LogP contribution in [0.3, 0.4) is 0 Å². The van der Waals surface area contributed by atoms with Crippen molar-refractivity contribution in [3.63, 3.8) is 0 Å². The average Bonchev–Trinajstić information content (AvgIpc) is 2.67. The van der Waals surface area contributed by atoms with Crippen LogP contribution in [0.25, 0.3) is 0 Å². The van der Waals surface area contributed by atoms with Crippen LogP contribution in [0.2, 0.25) is 0 Å². The molecule has 2 amide bonds. The molecular weight excluding hydrogens is 340 g/mol. The van der Waals surface area contributed by atoms with Gasteiger partial charge in [0.15, 0.2) is 0 Å². The lowest BCUT2D eigenvalue weighted by Gasteiger charge is -2.30. The molecule has 5 heteroatoms. The highest BCUT2D eigenvalue weighted by molar-refractivity contribution is 6.04. The van der Waals surface area contributed by atoms with Crippen LogP contribution >= 0.6 is 0 Å².